The molecule has 0 atom stereocenters. The van der Waals surface area contributed by atoms with Crippen molar-refractivity contribution in [2.24, 2.45) is 0 Å². The van der Waals surface area contributed by atoms with Crippen LogP contribution in [0, 0.1) is 23.0 Å². The Morgan fingerprint density at radius 2 is 0.980 bits per heavy atom. The van der Waals surface area contributed by atoms with Crippen molar-refractivity contribution in [3.63, 3.8) is 0 Å². The van der Waals surface area contributed by atoms with E-state index >= 15 is 4.39 Å². The SMILES string of the molecule is CC(C)(C)c1ccc2c3ccccc3n(-c3cc(-c4ccc(F)cc4F)cc(-n4c5ccccc5c5ccc(C(C)(C)C)cc54)c3C#N)c2c1. The number of nitriles is 1. The number of benzene rings is 6. The van der Waals surface area contributed by atoms with Crippen molar-refractivity contribution < 1.29 is 8.78 Å². The van der Waals surface area contributed by atoms with E-state index in [-0.39, 0.29) is 16.4 Å². The Hall–Kier alpha value is -5.73. The van der Waals surface area contributed by atoms with Gasteiger partial charge < -0.3 is 9.13 Å². The molecule has 0 spiro atoms. The quantitative estimate of drug-likeness (QED) is 0.186. The minimum atomic E-state index is -0.666. The van der Waals surface area contributed by atoms with Crippen molar-refractivity contribution in [1.29, 1.82) is 5.26 Å². The van der Waals surface area contributed by atoms with Crippen molar-refractivity contribution >= 4 is 43.6 Å². The van der Waals surface area contributed by atoms with Gasteiger partial charge in [0.05, 0.1) is 33.4 Å². The van der Waals surface area contributed by atoms with E-state index in [9.17, 15) is 9.65 Å². The number of fused-ring (bicyclic) bond motifs is 6. The molecule has 0 amide bonds. The molecule has 0 aliphatic carbocycles. The number of hydrogen-bond acceptors (Lipinski definition) is 1. The van der Waals surface area contributed by atoms with E-state index in [1.165, 1.54) is 12.1 Å². The van der Waals surface area contributed by atoms with Gasteiger partial charge in [0.25, 0.3) is 0 Å². The van der Waals surface area contributed by atoms with Gasteiger partial charge in [0.1, 0.15) is 23.3 Å². The van der Waals surface area contributed by atoms with Crippen molar-refractivity contribution in [1.82, 2.24) is 9.13 Å². The van der Waals surface area contributed by atoms with Crippen LogP contribution >= 0.6 is 0 Å². The maximum absolute atomic E-state index is 15.7. The molecular weight excluding hydrogens is 621 g/mol. The average Bonchev–Trinajstić information content (AvgIpc) is 3.59. The van der Waals surface area contributed by atoms with E-state index in [1.54, 1.807) is 0 Å². The lowest BCUT2D eigenvalue weighted by Crippen LogP contribution is -2.11. The van der Waals surface area contributed by atoms with Crippen LogP contribution in [0.3, 0.4) is 0 Å². The molecule has 2 aromatic heterocycles. The van der Waals surface area contributed by atoms with Crippen LogP contribution in [0.5, 0.6) is 0 Å². The molecule has 0 aliphatic heterocycles. The third-order valence-electron chi connectivity index (χ3n) is 10.0. The van der Waals surface area contributed by atoms with Gasteiger partial charge >= 0.3 is 0 Å². The van der Waals surface area contributed by atoms with Crippen molar-refractivity contribution in [2.45, 2.75) is 52.4 Å². The van der Waals surface area contributed by atoms with Crippen LogP contribution in [-0.4, -0.2) is 9.13 Å². The third-order valence-corrected chi connectivity index (χ3v) is 10.0. The summed E-state index contributed by atoms with van der Waals surface area (Å²) < 4.78 is 34.3. The van der Waals surface area contributed by atoms with Crippen LogP contribution in [0.1, 0.15) is 58.2 Å². The zero-order valence-corrected chi connectivity index (χ0v) is 29.1. The molecule has 0 saturated heterocycles. The number of aromatic nitrogens is 2. The van der Waals surface area contributed by atoms with E-state index in [2.05, 4.69) is 117 Å². The maximum atomic E-state index is 15.7. The molecule has 0 radical (unpaired) electrons. The summed E-state index contributed by atoms with van der Waals surface area (Å²) in [5.74, 6) is -1.31. The molecule has 0 bridgehead atoms. The first-order chi connectivity index (χ1) is 23.8. The second-order valence-electron chi connectivity index (χ2n) is 15.3. The predicted octanol–water partition coefficient (Wildman–Crippen LogP) is 12.3. The number of hydrogen-bond donors (Lipinski definition) is 0. The van der Waals surface area contributed by atoms with Crippen LogP contribution in [0.4, 0.5) is 8.78 Å². The molecule has 0 saturated carbocycles. The van der Waals surface area contributed by atoms with Crippen LogP contribution in [-0.2, 0) is 10.8 Å². The highest BCUT2D eigenvalue weighted by atomic mass is 19.1. The lowest BCUT2D eigenvalue weighted by molar-refractivity contribution is 0.585. The van der Waals surface area contributed by atoms with E-state index in [0.29, 0.717) is 22.5 Å². The summed E-state index contributed by atoms with van der Waals surface area (Å²) in [6.07, 6.45) is 0. The van der Waals surface area contributed by atoms with E-state index < -0.39 is 11.6 Å². The molecule has 5 heteroatoms. The Labute approximate surface area is 290 Å². The first-order valence-electron chi connectivity index (χ1n) is 17.0. The maximum Gasteiger partial charge on any atom is 0.133 e. The van der Waals surface area contributed by atoms with Gasteiger partial charge in [0.2, 0.25) is 0 Å². The lowest BCUT2D eigenvalue weighted by Gasteiger charge is -2.21. The summed E-state index contributed by atoms with van der Waals surface area (Å²) in [6.45, 7) is 13.1. The second kappa shape index (κ2) is 11.1. The largest absolute Gasteiger partial charge is 0.308 e. The zero-order chi connectivity index (χ0) is 35.1. The average molecular weight is 658 g/mol. The second-order valence-corrected chi connectivity index (χ2v) is 15.3. The predicted molar refractivity (Wildman–Crippen MR) is 203 cm³/mol. The Morgan fingerprint density at radius 1 is 0.520 bits per heavy atom. The van der Waals surface area contributed by atoms with Gasteiger partial charge in [-0.15, -0.1) is 0 Å². The molecule has 6 aromatic carbocycles. The Balaban J connectivity index is 1.57. The topological polar surface area (TPSA) is 33.6 Å². The van der Waals surface area contributed by atoms with Crippen LogP contribution < -0.4 is 0 Å². The number of nitrogens with zero attached hydrogens (tertiary/aromatic N) is 3. The van der Waals surface area contributed by atoms with Crippen molar-refractivity contribution in [2.75, 3.05) is 0 Å². The van der Waals surface area contributed by atoms with Gasteiger partial charge in [-0.2, -0.15) is 5.26 Å². The lowest BCUT2D eigenvalue weighted by atomic mass is 9.86. The summed E-state index contributed by atoms with van der Waals surface area (Å²) >= 11 is 0. The summed E-state index contributed by atoms with van der Waals surface area (Å²) in [5.41, 5.74) is 8.35. The third kappa shape index (κ3) is 4.90. The summed E-state index contributed by atoms with van der Waals surface area (Å²) in [4.78, 5) is 0. The monoisotopic (exact) mass is 657 g/mol. The normalized spacial score (nSPS) is 12.4. The Morgan fingerprint density at radius 3 is 1.42 bits per heavy atom. The van der Waals surface area contributed by atoms with Gasteiger partial charge in [-0.05, 0) is 76.1 Å². The fourth-order valence-electron chi connectivity index (χ4n) is 7.35. The van der Waals surface area contributed by atoms with Gasteiger partial charge in [-0.1, -0.05) is 102 Å². The Kier molecular flexibility index (Phi) is 7.03. The molecule has 3 nitrogen and oxygen atoms in total. The highest BCUT2D eigenvalue weighted by Gasteiger charge is 2.25. The van der Waals surface area contributed by atoms with Gasteiger partial charge in [-0.3, -0.25) is 0 Å². The van der Waals surface area contributed by atoms with Crippen LogP contribution in [0.2, 0.25) is 0 Å². The van der Waals surface area contributed by atoms with E-state index in [0.717, 1.165) is 60.8 Å². The molecule has 8 aromatic rings. The summed E-state index contributed by atoms with van der Waals surface area (Å²) in [5, 5.41) is 15.4. The fourth-order valence-corrected chi connectivity index (χ4v) is 7.35. The van der Waals surface area contributed by atoms with Crippen molar-refractivity contribution in [3.05, 3.63) is 144 Å². The molecule has 50 heavy (non-hydrogen) atoms. The van der Waals surface area contributed by atoms with E-state index in [4.69, 9.17) is 0 Å². The minimum absolute atomic E-state index is 0.120. The molecule has 246 valence electrons. The molecule has 0 unspecified atom stereocenters. The highest BCUT2D eigenvalue weighted by Crippen LogP contribution is 2.42. The van der Waals surface area contributed by atoms with Crippen LogP contribution in [0.25, 0.3) is 66.1 Å². The van der Waals surface area contributed by atoms with Gasteiger partial charge in [0, 0.05) is 33.2 Å². The fraction of sp³-hybridized carbons (Fsp3) is 0.178. The molecule has 2 heterocycles. The number of halogens is 2. The van der Waals surface area contributed by atoms with Gasteiger partial charge in [0.15, 0.2) is 0 Å². The molecule has 8 rings (SSSR count). The molecule has 0 aliphatic rings. The van der Waals surface area contributed by atoms with E-state index in [1.807, 2.05) is 36.4 Å². The first kappa shape index (κ1) is 31.5. The number of para-hydroxylation sites is 2. The van der Waals surface area contributed by atoms with Crippen molar-refractivity contribution in [3.8, 4) is 28.6 Å². The molecule has 0 N–H and O–H groups in total. The Bertz CT molecular complexity index is 2550. The molecular formula is C45H37F2N3. The standard InChI is InChI=1S/C45H37F2N3/c1-44(2,3)28-15-18-34-32-11-7-9-13-38(32)49(42(34)23-28)40-21-27(31-20-17-30(46)25-37(31)47)22-41(36(40)26-48)50-39-14-10-8-12-33(39)35-19-16-29(24-43(35)50)45(4,5)6/h7-25H,1-6H3. The van der Waals surface area contributed by atoms with Crippen LogP contribution in [0.15, 0.2) is 115 Å². The first-order valence-corrected chi connectivity index (χ1v) is 17.0. The smallest absolute Gasteiger partial charge is 0.133 e. The number of rotatable bonds is 3. The van der Waals surface area contributed by atoms with Gasteiger partial charge in [-0.25, -0.2) is 8.78 Å². The zero-order valence-electron chi connectivity index (χ0n) is 29.1. The minimum Gasteiger partial charge on any atom is -0.308 e. The highest BCUT2D eigenvalue weighted by molar-refractivity contribution is 6.11. The summed E-state index contributed by atoms with van der Waals surface area (Å²) in [7, 11) is 0. The molecule has 0 fully saturated rings. The summed E-state index contributed by atoms with van der Waals surface area (Å²) in [6, 6.07) is 39.5.